The van der Waals surface area contributed by atoms with Gasteiger partial charge in [-0.1, -0.05) is 17.7 Å². The fourth-order valence-electron chi connectivity index (χ4n) is 0.901. The Morgan fingerprint density at radius 3 is 2.62 bits per heavy atom. The molecule has 0 aliphatic heterocycles. The summed E-state index contributed by atoms with van der Waals surface area (Å²) < 4.78 is 0. The number of hydrogen-bond donors (Lipinski definition) is 3. The number of aromatic hydroxyl groups is 1. The van der Waals surface area contributed by atoms with Crippen molar-refractivity contribution in [3.63, 3.8) is 0 Å². The molecular formula is C8H8ClNO3. The van der Waals surface area contributed by atoms with Gasteiger partial charge in [-0.25, -0.2) is 0 Å². The maximum Gasteiger partial charge on any atom is 0.325 e. The zero-order chi connectivity index (χ0) is 10.0. The van der Waals surface area contributed by atoms with Crippen molar-refractivity contribution < 1.29 is 15.0 Å². The molecule has 0 saturated heterocycles. The Labute approximate surface area is 79.6 Å². The van der Waals surface area contributed by atoms with Crippen LogP contribution in [0.5, 0.6) is 5.75 Å². The van der Waals surface area contributed by atoms with Crippen molar-refractivity contribution in [2.75, 3.05) is 0 Å². The predicted molar refractivity (Wildman–Crippen MR) is 47.7 cm³/mol. The fourth-order valence-corrected chi connectivity index (χ4v) is 1.19. The first kappa shape index (κ1) is 9.83. The number of aliphatic carboxylic acids is 1. The van der Waals surface area contributed by atoms with Crippen molar-refractivity contribution in [2.45, 2.75) is 6.04 Å². The van der Waals surface area contributed by atoms with E-state index < -0.39 is 12.0 Å². The summed E-state index contributed by atoms with van der Waals surface area (Å²) in [5.41, 5.74) is 5.61. The van der Waals surface area contributed by atoms with Crippen molar-refractivity contribution in [1.82, 2.24) is 0 Å². The van der Waals surface area contributed by atoms with Gasteiger partial charge in [-0.2, -0.15) is 0 Å². The largest absolute Gasteiger partial charge is 0.508 e. The van der Waals surface area contributed by atoms with Gasteiger partial charge in [0.1, 0.15) is 11.8 Å². The first-order valence-electron chi connectivity index (χ1n) is 3.49. The number of benzene rings is 1. The van der Waals surface area contributed by atoms with Crippen LogP contribution in [0.15, 0.2) is 18.2 Å². The standard InChI is InChI=1S/C8H8ClNO3/c9-6-3-4(11)1-2-5(6)7(10)8(12)13/h1-3,7,11H,10H2,(H,12,13)/t7-/m0/s1. The van der Waals surface area contributed by atoms with Gasteiger partial charge in [0, 0.05) is 5.02 Å². The zero-order valence-electron chi connectivity index (χ0n) is 6.57. The molecule has 1 rings (SSSR count). The van der Waals surface area contributed by atoms with Gasteiger partial charge in [0.15, 0.2) is 0 Å². The average Bonchev–Trinajstić information content (AvgIpc) is 2.03. The number of rotatable bonds is 2. The molecule has 1 aromatic rings. The quantitative estimate of drug-likeness (QED) is 0.670. The van der Waals surface area contributed by atoms with E-state index >= 15 is 0 Å². The first-order valence-corrected chi connectivity index (χ1v) is 3.87. The van der Waals surface area contributed by atoms with Gasteiger partial charge in [-0.15, -0.1) is 0 Å². The summed E-state index contributed by atoms with van der Waals surface area (Å²) in [6.45, 7) is 0. The minimum absolute atomic E-state index is 0.0219. The van der Waals surface area contributed by atoms with E-state index in [1.54, 1.807) is 0 Å². The third kappa shape index (κ3) is 2.11. The summed E-state index contributed by atoms with van der Waals surface area (Å²) in [5, 5.41) is 17.7. The van der Waals surface area contributed by atoms with E-state index in [1.165, 1.54) is 18.2 Å². The highest BCUT2D eigenvalue weighted by Gasteiger charge is 2.17. The van der Waals surface area contributed by atoms with Crippen LogP contribution in [-0.4, -0.2) is 16.2 Å². The highest BCUT2D eigenvalue weighted by Crippen LogP contribution is 2.25. The van der Waals surface area contributed by atoms with Gasteiger partial charge < -0.3 is 15.9 Å². The van der Waals surface area contributed by atoms with Crippen LogP contribution in [0.25, 0.3) is 0 Å². The molecule has 0 radical (unpaired) electrons. The number of carboxylic acids is 1. The minimum Gasteiger partial charge on any atom is -0.508 e. The SMILES string of the molecule is N[C@H](C(=O)O)c1ccc(O)cc1Cl. The van der Waals surface area contributed by atoms with Crippen molar-refractivity contribution >= 4 is 17.6 Å². The molecule has 13 heavy (non-hydrogen) atoms. The van der Waals surface area contributed by atoms with E-state index in [4.69, 9.17) is 27.5 Å². The molecule has 0 spiro atoms. The second kappa shape index (κ2) is 3.64. The maximum absolute atomic E-state index is 10.5. The Morgan fingerprint density at radius 1 is 1.54 bits per heavy atom. The number of nitrogens with two attached hydrogens (primary N) is 1. The Bertz CT molecular complexity index is 340. The molecule has 0 aliphatic rings. The van der Waals surface area contributed by atoms with Crippen LogP contribution in [0.2, 0.25) is 5.02 Å². The molecule has 0 amide bonds. The van der Waals surface area contributed by atoms with E-state index in [2.05, 4.69) is 0 Å². The van der Waals surface area contributed by atoms with Crippen LogP contribution in [0.1, 0.15) is 11.6 Å². The average molecular weight is 202 g/mol. The van der Waals surface area contributed by atoms with Crippen molar-refractivity contribution in [2.24, 2.45) is 5.73 Å². The van der Waals surface area contributed by atoms with E-state index in [0.717, 1.165) is 0 Å². The van der Waals surface area contributed by atoms with E-state index in [0.29, 0.717) is 0 Å². The van der Waals surface area contributed by atoms with Crippen molar-refractivity contribution in [1.29, 1.82) is 0 Å². The van der Waals surface area contributed by atoms with Crippen molar-refractivity contribution in [3.8, 4) is 5.75 Å². The summed E-state index contributed by atoms with van der Waals surface area (Å²) in [5.74, 6) is -1.18. The molecule has 0 saturated carbocycles. The Balaban J connectivity index is 3.08. The van der Waals surface area contributed by atoms with Gasteiger partial charge in [-0.05, 0) is 17.7 Å². The third-order valence-corrected chi connectivity index (χ3v) is 1.91. The van der Waals surface area contributed by atoms with Crippen LogP contribution >= 0.6 is 11.6 Å². The smallest absolute Gasteiger partial charge is 0.325 e. The normalized spacial score (nSPS) is 12.5. The molecule has 0 aromatic heterocycles. The highest BCUT2D eigenvalue weighted by molar-refractivity contribution is 6.31. The highest BCUT2D eigenvalue weighted by atomic mass is 35.5. The second-order valence-corrected chi connectivity index (χ2v) is 2.93. The van der Waals surface area contributed by atoms with Crippen LogP contribution in [-0.2, 0) is 4.79 Å². The van der Waals surface area contributed by atoms with Gasteiger partial charge in [-0.3, -0.25) is 4.79 Å². The van der Waals surface area contributed by atoms with E-state index in [1.807, 2.05) is 0 Å². The minimum atomic E-state index is -1.16. The van der Waals surface area contributed by atoms with Gasteiger partial charge >= 0.3 is 5.97 Å². The molecule has 5 heteroatoms. The summed E-state index contributed by atoms with van der Waals surface area (Å²) in [6, 6.07) is 2.81. The summed E-state index contributed by atoms with van der Waals surface area (Å²) >= 11 is 5.67. The zero-order valence-corrected chi connectivity index (χ0v) is 7.32. The number of hydrogen-bond acceptors (Lipinski definition) is 3. The van der Waals surface area contributed by atoms with Gasteiger partial charge in [0.25, 0.3) is 0 Å². The molecule has 4 nitrogen and oxygen atoms in total. The lowest BCUT2D eigenvalue weighted by atomic mass is 10.1. The van der Waals surface area contributed by atoms with Gasteiger partial charge in [0.05, 0.1) is 0 Å². The second-order valence-electron chi connectivity index (χ2n) is 2.52. The molecule has 70 valence electrons. The number of halogens is 1. The third-order valence-electron chi connectivity index (χ3n) is 1.59. The molecule has 1 aromatic carbocycles. The number of phenols is 1. The Kier molecular flexibility index (Phi) is 2.75. The number of phenolic OH excluding ortho intramolecular Hbond substituents is 1. The lowest BCUT2D eigenvalue weighted by Crippen LogP contribution is -2.20. The molecule has 0 aliphatic carbocycles. The molecule has 0 fully saturated rings. The first-order chi connectivity index (χ1) is 6.02. The molecule has 4 N–H and O–H groups in total. The molecule has 0 unspecified atom stereocenters. The lowest BCUT2D eigenvalue weighted by molar-refractivity contribution is -0.138. The van der Waals surface area contributed by atoms with Crippen molar-refractivity contribution in [3.05, 3.63) is 28.8 Å². The Hall–Kier alpha value is -1.26. The summed E-state index contributed by atoms with van der Waals surface area (Å²) in [7, 11) is 0. The number of carboxylic acid groups (broad SMARTS) is 1. The van der Waals surface area contributed by atoms with Gasteiger partial charge in [0.2, 0.25) is 0 Å². The summed E-state index contributed by atoms with van der Waals surface area (Å²) in [6.07, 6.45) is 0. The van der Waals surface area contributed by atoms with E-state index in [-0.39, 0.29) is 16.3 Å². The predicted octanol–water partition coefficient (Wildman–Crippen LogP) is 1.13. The van der Waals surface area contributed by atoms with Crippen LogP contribution in [0.3, 0.4) is 0 Å². The molecule has 1 atom stereocenters. The summed E-state index contributed by atoms with van der Waals surface area (Å²) in [4.78, 5) is 10.5. The van der Waals surface area contributed by atoms with Crippen LogP contribution < -0.4 is 5.73 Å². The van der Waals surface area contributed by atoms with E-state index in [9.17, 15) is 4.79 Å². The monoisotopic (exact) mass is 201 g/mol. The Morgan fingerprint density at radius 2 is 2.15 bits per heavy atom. The fraction of sp³-hybridized carbons (Fsp3) is 0.125. The lowest BCUT2D eigenvalue weighted by Gasteiger charge is -2.08. The maximum atomic E-state index is 10.5. The number of carbonyl (C=O) groups is 1. The molecule has 0 heterocycles. The molecular weight excluding hydrogens is 194 g/mol. The van der Waals surface area contributed by atoms with Crippen LogP contribution in [0, 0.1) is 0 Å². The molecule has 0 bridgehead atoms. The topological polar surface area (TPSA) is 83.6 Å². The van der Waals surface area contributed by atoms with Crippen LogP contribution in [0.4, 0.5) is 0 Å².